The van der Waals surface area contributed by atoms with Gasteiger partial charge in [-0.2, -0.15) is 0 Å². The maximum absolute atomic E-state index is 13.6. The Morgan fingerprint density at radius 3 is 0.922 bits per heavy atom. The van der Waals surface area contributed by atoms with Crippen molar-refractivity contribution in [3.63, 3.8) is 0 Å². The lowest BCUT2D eigenvalue weighted by molar-refractivity contribution is 0.0957. The maximum atomic E-state index is 13.6. The Bertz CT molecular complexity index is 2050. The van der Waals surface area contributed by atoms with E-state index in [0.717, 1.165) is 72.3 Å². The Labute approximate surface area is 376 Å². The maximum Gasteiger partial charge on any atom is 0.186 e. The minimum Gasteiger partial charge on any atom is -0.375 e. The van der Waals surface area contributed by atoms with E-state index in [9.17, 15) is 14.4 Å². The number of unbranched alkanes of at least 4 members (excludes halogenated alkanes) is 3. The summed E-state index contributed by atoms with van der Waals surface area (Å²) in [6.45, 7) is 1.70. The average molecular weight is 860 g/mol. The summed E-state index contributed by atoms with van der Waals surface area (Å²) in [5.74, 6) is -0.213. The molecule has 0 aliphatic carbocycles. The SMILES string of the molecule is NCCCC[C@H](Nc1ccc(C(c2ccc(N[C@@H](CCCCN)C(=O)c3cccnc3)cc2)c2ccc(N[C@@H](CCCCN)C(=O)c3cccnc3)cc2)cc1)C(=O)c1cccnc1. The van der Waals surface area contributed by atoms with E-state index in [4.69, 9.17) is 17.2 Å². The number of nitrogens with two attached hydrogens (primary N) is 3. The topological polar surface area (TPSA) is 204 Å². The number of carbonyl (C=O) groups is 3. The highest BCUT2D eigenvalue weighted by Gasteiger charge is 2.24. The third kappa shape index (κ3) is 13.5. The van der Waals surface area contributed by atoms with Crippen molar-refractivity contribution in [1.29, 1.82) is 0 Å². The fourth-order valence-electron chi connectivity index (χ4n) is 7.91. The normalized spacial score (nSPS) is 12.6. The third-order valence-corrected chi connectivity index (χ3v) is 11.4. The number of Topliss-reactive ketones (excluding diaryl/α,β-unsaturated/α-hetero) is 3. The van der Waals surface area contributed by atoms with Gasteiger partial charge in [-0.05, 0) is 167 Å². The summed E-state index contributed by atoms with van der Waals surface area (Å²) in [7, 11) is 0. The van der Waals surface area contributed by atoms with Gasteiger partial charge in [-0.15, -0.1) is 0 Å². The van der Waals surface area contributed by atoms with Gasteiger partial charge in [0.05, 0.1) is 18.1 Å². The van der Waals surface area contributed by atoms with Crippen molar-refractivity contribution < 1.29 is 14.4 Å². The fraction of sp³-hybridized carbons (Fsp3) is 0.308. The van der Waals surface area contributed by atoms with Gasteiger partial charge in [-0.1, -0.05) is 36.4 Å². The first-order valence-corrected chi connectivity index (χ1v) is 22.4. The Morgan fingerprint density at radius 1 is 0.406 bits per heavy atom. The van der Waals surface area contributed by atoms with Crippen molar-refractivity contribution in [2.45, 2.75) is 81.8 Å². The summed E-state index contributed by atoms with van der Waals surface area (Å²) in [5, 5.41) is 10.5. The predicted octanol–water partition coefficient (Wildman–Crippen LogP) is 8.43. The summed E-state index contributed by atoms with van der Waals surface area (Å²) in [6.07, 6.45) is 16.6. The van der Waals surface area contributed by atoms with Crippen LogP contribution in [0.2, 0.25) is 0 Å². The molecular weight excluding hydrogens is 799 g/mol. The molecule has 332 valence electrons. The number of nitrogens with zero attached hydrogens (tertiary/aromatic N) is 3. The van der Waals surface area contributed by atoms with Gasteiger partial charge in [0.15, 0.2) is 17.3 Å². The second-order valence-electron chi connectivity index (χ2n) is 16.1. The number of benzene rings is 3. The first-order valence-electron chi connectivity index (χ1n) is 22.4. The standard InChI is InChI=1S/C52H61N9O3/c53-28-4-1-13-46(50(62)40-10-7-31-56-34-40)59-43-22-16-37(17-23-43)49(38-18-24-44(25-19-38)60-47(14-2-5-29-54)51(63)41-11-8-32-57-35-41)39-20-26-45(27-21-39)61-48(15-3-6-30-55)52(64)42-12-9-33-58-36-42/h7-12,16-27,31-36,46-49,59-61H,1-6,13-15,28-30,53-55H2/t46-,47-,48-/m0/s1. The fourth-order valence-corrected chi connectivity index (χ4v) is 7.91. The first-order chi connectivity index (χ1) is 31.4. The van der Waals surface area contributed by atoms with E-state index >= 15 is 0 Å². The predicted molar refractivity (Wildman–Crippen MR) is 257 cm³/mol. The number of anilines is 3. The highest BCUT2D eigenvalue weighted by Crippen LogP contribution is 2.35. The number of carbonyl (C=O) groups excluding carboxylic acids is 3. The molecule has 0 radical (unpaired) electrons. The molecule has 3 atom stereocenters. The third-order valence-electron chi connectivity index (χ3n) is 11.4. The molecular formula is C52H61N9O3. The van der Waals surface area contributed by atoms with Crippen LogP contribution in [0.1, 0.15) is 111 Å². The van der Waals surface area contributed by atoms with Crippen molar-refractivity contribution in [3.05, 3.63) is 180 Å². The van der Waals surface area contributed by atoms with E-state index in [0.29, 0.717) is 55.6 Å². The van der Waals surface area contributed by atoms with Crippen molar-refractivity contribution in [1.82, 2.24) is 15.0 Å². The van der Waals surface area contributed by atoms with Gasteiger partial charge in [0.1, 0.15) is 0 Å². The van der Waals surface area contributed by atoms with Crippen molar-refractivity contribution >= 4 is 34.4 Å². The van der Waals surface area contributed by atoms with Crippen LogP contribution in [0.3, 0.4) is 0 Å². The molecule has 0 aliphatic rings. The van der Waals surface area contributed by atoms with Crippen molar-refractivity contribution in [3.8, 4) is 0 Å². The molecule has 6 rings (SSSR count). The second kappa shape index (κ2) is 24.9. The number of hydrogen-bond acceptors (Lipinski definition) is 12. The van der Waals surface area contributed by atoms with Gasteiger partial charge < -0.3 is 33.2 Å². The molecule has 3 aromatic heterocycles. The molecule has 9 N–H and O–H groups in total. The van der Waals surface area contributed by atoms with E-state index in [-0.39, 0.29) is 23.3 Å². The molecule has 0 fully saturated rings. The molecule has 0 aliphatic heterocycles. The molecule has 0 amide bonds. The molecule has 12 nitrogen and oxygen atoms in total. The smallest absolute Gasteiger partial charge is 0.186 e. The van der Waals surface area contributed by atoms with Crippen LogP contribution in [0, 0.1) is 0 Å². The largest absolute Gasteiger partial charge is 0.375 e. The molecule has 3 aromatic carbocycles. The average Bonchev–Trinajstić information content (AvgIpc) is 3.35. The van der Waals surface area contributed by atoms with Crippen LogP contribution >= 0.6 is 0 Å². The summed E-state index contributed by atoms with van der Waals surface area (Å²) in [4.78, 5) is 53.4. The lowest BCUT2D eigenvalue weighted by atomic mass is 9.85. The molecule has 0 saturated carbocycles. The molecule has 0 bridgehead atoms. The molecule has 64 heavy (non-hydrogen) atoms. The monoisotopic (exact) mass is 859 g/mol. The highest BCUT2D eigenvalue weighted by molar-refractivity contribution is 6.02. The number of rotatable bonds is 27. The number of aromatic nitrogens is 3. The van der Waals surface area contributed by atoms with Crippen LogP contribution in [-0.2, 0) is 0 Å². The summed E-state index contributed by atoms with van der Waals surface area (Å²) < 4.78 is 0. The van der Waals surface area contributed by atoms with Crippen LogP contribution in [0.5, 0.6) is 0 Å². The number of pyridine rings is 3. The number of nitrogens with one attached hydrogen (secondary N) is 3. The molecule has 12 heteroatoms. The first kappa shape index (κ1) is 46.9. The van der Waals surface area contributed by atoms with Crippen LogP contribution < -0.4 is 33.2 Å². The quantitative estimate of drug-likeness (QED) is 0.0164. The highest BCUT2D eigenvalue weighted by atomic mass is 16.1. The van der Waals surface area contributed by atoms with Gasteiger partial charge in [-0.3, -0.25) is 29.3 Å². The Balaban J connectivity index is 1.28. The van der Waals surface area contributed by atoms with Crippen LogP contribution in [-0.4, -0.2) is 70.1 Å². The summed E-state index contributed by atoms with van der Waals surface area (Å²) >= 11 is 0. The molecule has 0 saturated heterocycles. The van der Waals surface area contributed by atoms with E-state index in [2.05, 4.69) is 67.3 Å². The molecule has 0 unspecified atom stereocenters. The van der Waals surface area contributed by atoms with E-state index < -0.39 is 18.1 Å². The van der Waals surface area contributed by atoms with Crippen LogP contribution in [0.15, 0.2) is 146 Å². The number of hydrogen-bond donors (Lipinski definition) is 6. The zero-order valence-corrected chi connectivity index (χ0v) is 36.4. The van der Waals surface area contributed by atoms with Gasteiger partial charge in [0.2, 0.25) is 0 Å². The Hall–Kier alpha value is -6.60. The van der Waals surface area contributed by atoms with Crippen molar-refractivity contribution in [2.24, 2.45) is 17.2 Å². The zero-order valence-electron chi connectivity index (χ0n) is 36.4. The van der Waals surface area contributed by atoms with E-state index in [1.54, 1.807) is 73.6 Å². The minimum absolute atomic E-state index is 0.0121. The Morgan fingerprint density at radius 2 is 0.688 bits per heavy atom. The minimum atomic E-state index is -0.439. The lowest BCUT2D eigenvalue weighted by Crippen LogP contribution is -2.30. The second-order valence-corrected chi connectivity index (χ2v) is 16.1. The van der Waals surface area contributed by atoms with E-state index in [1.807, 2.05) is 36.4 Å². The number of ketones is 3. The molecule has 0 spiro atoms. The van der Waals surface area contributed by atoms with Gasteiger partial charge in [0.25, 0.3) is 0 Å². The molecule has 6 aromatic rings. The zero-order chi connectivity index (χ0) is 44.9. The summed E-state index contributed by atoms with van der Waals surface area (Å²) in [6, 6.07) is 34.1. The van der Waals surface area contributed by atoms with Gasteiger partial charge in [0, 0.05) is 76.9 Å². The van der Waals surface area contributed by atoms with Gasteiger partial charge >= 0.3 is 0 Å². The van der Waals surface area contributed by atoms with Gasteiger partial charge in [-0.25, -0.2) is 0 Å². The molecule has 3 heterocycles. The van der Waals surface area contributed by atoms with Crippen LogP contribution in [0.25, 0.3) is 0 Å². The van der Waals surface area contributed by atoms with Crippen molar-refractivity contribution in [2.75, 3.05) is 35.6 Å². The lowest BCUT2D eigenvalue weighted by Gasteiger charge is -2.23. The van der Waals surface area contributed by atoms with Crippen LogP contribution in [0.4, 0.5) is 17.1 Å². The van der Waals surface area contributed by atoms with E-state index in [1.165, 1.54) is 0 Å². The summed E-state index contributed by atoms with van der Waals surface area (Å²) in [5.41, 5.74) is 24.7. The Kier molecular flexibility index (Phi) is 18.2.